The van der Waals surface area contributed by atoms with Gasteiger partial charge >= 0.3 is 0 Å². The number of aromatic nitrogens is 2. The number of carbonyl (C=O) groups is 2. The van der Waals surface area contributed by atoms with Crippen molar-refractivity contribution in [2.45, 2.75) is 77.2 Å². The summed E-state index contributed by atoms with van der Waals surface area (Å²) in [6.07, 6.45) is 4.65. The summed E-state index contributed by atoms with van der Waals surface area (Å²) in [5, 5.41) is 15.4. The van der Waals surface area contributed by atoms with Crippen molar-refractivity contribution in [3.8, 4) is 11.1 Å². The van der Waals surface area contributed by atoms with Crippen molar-refractivity contribution in [3.63, 3.8) is 0 Å². The van der Waals surface area contributed by atoms with Gasteiger partial charge in [-0.1, -0.05) is 79.2 Å². The minimum absolute atomic E-state index is 0.00361. The average Bonchev–Trinajstić information content (AvgIpc) is 3.54. The van der Waals surface area contributed by atoms with Crippen LogP contribution in [0.2, 0.25) is 0 Å². The van der Waals surface area contributed by atoms with E-state index in [1.165, 1.54) is 6.92 Å². The van der Waals surface area contributed by atoms with Gasteiger partial charge in [0.1, 0.15) is 0 Å². The second-order valence-electron chi connectivity index (χ2n) is 12.6. The normalized spacial score (nSPS) is 17.6. The predicted octanol–water partition coefficient (Wildman–Crippen LogP) is 6.75. The lowest BCUT2D eigenvalue weighted by Gasteiger charge is -2.36. The molecule has 9 nitrogen and oxygen atoms in total. The quantitative estimate of drug-likeness (QED) is 0.114. The molecule has 1 aliphatic rings. The first-order chi connectivity index (χ1) is 23.9. The van der Waals surface area contributed by atoms with E-state index in [0.29, 0.717) is 32.5 Å². The molecule has 1 aromatic heterocycles. The second kappa shape index (κ2) is 16.5. The molecule has 3 N–H and O–H groups in total. The topological polar surface area (TPSA) is 115 Å². The number of nitrogens with one attached hydrogen (secondary N) is 2. The zero-order valence-electron chi connectivity index (χ0n) is 27.9. The lowest BCUT2D eigenvalue weighted by atomic mass is 9.98. The summed E-state index contributed by atoms with van der Waals surface area (Å²) >= 11 is 0. The summed E-state index contributed by atoms with van der Waals surface area (Å²) in [6.45, 7) is 3.24. The van der Waals surface area contributed by atoms with Gasteiger partial charge in [-0.3, -0.25) is 9.59 Å². The number of unbranched alkanes of at least 4 members (excludes halogenated alkanes) is 2. The molecule has 1 aliphatic heterocycles. The number of para-hydroxylation sites is 2. The number of nitrogens with zero attached hydrogens (tertiary/aromatic N) is 2. The van der Waals surface area contributed by atoms with Gasteiger partial charge in [-0.2, -0.15) is 0 Å². The molecule has 2 heterocycles. The van der Waals surface area contributed by atoms with Gasteiger partial charge in [0.15, 0.2) is 6.29 Å². The van der Waals surface area contributed by atoms with Crippen molar-refractivity contribution in [2.75, 3.05) is 6.54 Å². The van der Waals surface area contributed by atoms with E-state index >= 15 is 0 Å². The Bertz CT molecular complexity index is 1850. The van der Waals surface area contributed by atoms with Gasteiger partial charge in [0.05, 0.1) is 42.7 Å². The molecule has 0 saturated carbocycles. The van der Waals surface area contributed by atoms with Gasteiger partial charge in [-0.25, -0.2) is 4.98 Å². The van der Waals surface area contributed by atoms with Crippen molar-refractivity contribution in [1.29, 1.82) is 0 Å². The van der Waals surface area contributed by atoms with Crippen molar-refractivity contribution >= 4 is 22.8 Å². The Morgan fingerprint density at radius 1 is 0.837 bits per heavy atom. The number of amides is 2. The molecule has 5 aromatic rings. The zero-order valence-corrected chi connectivity index (χ0v) is 27.9. The van der Waals surface area contributed by atoms with Gasteiger partial charge in [-0.05, 0) is 64.9 Å². The van der Waals surface area contributed by atoms with E-state index in [4.69, 9.17) is 9.47 Å². The van der Waals surface area contributed by atoms with Crippen LogP contribution in [0.25, 0.3) is 22.2 Å². The number of imidazole rings is 1. The van der Waals surface area contributed by atoms with Crippen LogP contribution < -0.4 is 10.6 Å². The second-order valence-corrected chi connectivity index (χ2v) is 12.6. The number of benzene rings is 4. The molecule has 1 fully saturated rings. The molecule has 6 rings (SSSR count). The fourth-order valence-electron chi connectivity index (χ4n) is 6.27. The molecule has 0 unspecified atom stereocenters. The lowest BCUT2D eigenvalue weighted by molar-refractivity contribution is -0.252. The summed E-state index contributed by atoms with van der Waals surface area (Å²) in [4.78, 5) is 28.0. The Kier molecular flexibility index (Phi) is 11.5. The largest absolute Gasteiger partial charge is 0.392 e. The van der Waals surface area contributed by atoms with Crippen LogP contribution in [0, 0.1) is 0 Å². The number of fused-ring (bicyclic) bond motifs is 1. The van der Waals surface area contributed by atoms with Crippen LogP contribution in [0.15, 0.2) is 103 Å². The number of hydrogen-bond donors (Lipinski definition) is 3. The Morgan fingerprint density at radius 2 is 1.63 bits per heavy atom. The summed E-state index contributed by atoms with van der Waals surface area (Å²) < 4.78 is 15.4. The molecule has 3 atom stereocenters. The molecule has 0 aliphatic carbocycles. The number of carbonyl (C=O) groups excluding carboxylic acids is 2. The Labute approximate surface area is 287 Å². The molecule has 0 bridgehead atoms. The van der Waals surface area contributed by atoms with Crippen molar-refractivity contribution < 1.29 is 24.2 Å². The Morgan fingerprint density at radius 3 is 2.45 bits per heavy atom. The van der Waals surface area contributed by atoms with Gasteiger partial charge in [0, 0.05) is 38.4 Å². The van der Waals surface area contributed by atoms with Gasteiger partial charge in [-0.15, -0.1) is 0 Å². The van der Waals surface area contributed by atoms with Crippen LogP contribution in [0.1, 0.15) is 73.7 Å². The highest BCUT2D eigenvalue weighted by atomic mass is 16.7. The fourth-order valence-corrected chi connectivity index (χ4v) is 6.27. The van der Waals surface area contributed by atoms with Crippen LogP contribution in [0.3, 0.4) is 0 Å². The molecule has 49 heavy (non-hydrogen) atoms. The summed E-state index contributed by atoms with van der Waals surface area (Å²) in [6, 6.07) is 32.5. The fraction of sp³-hybridized carbons (Fsp3) is 0.325. The summed E-state index contributed by atoms with van der Waals surface area (Å²) in [7, 11) is 0. The van der Waals surface area contributed by atoms with E-state index in [1.54, 1.807) is 0 Å². The van der Waals surface area contributed by atoms with Crippen molar-refractivity contribution in [1.82, 2.24) is 20.2 Å². The first kappa shape index (κ1) is 34.0. The molecule has 4 aromatic carbocycles. The molecule has 0 spiro atoms. The van der Waals surface area contributed by atoms with Crippen LogP contribution >= 0.6 is 0 Å². The van der Waals surface area contributed by atoms with Crippen LogP contribution in [-0.2, 0) is 38.8 Å². The van der Waals surface area contributed by atoms with Crippen LogP contribution in [-0.4, -0.2) is 39.1 Å². The number of hydrogen-bond acceptors (Lipinski definition) is 6. The number of ether oxygens (including phenoxy) is 2. The van der Waals surface area contributed by atoms with E-state index in [9.17, 15) is 14.7 Å². The smallest absolute Gasteiger partial charge is 0.220 e. The van der Waals surface area contributed by atoms with E-state index in [1.807, 2.05) is 73.1 Å². The lowest BCUT2D eigenvalue weighted by Crippen LogP contribution is -2.32. The molecule has 9 heteroatoms. The minimum atomic E-state index is -0.586. The molecular formula is C40H44N4O5. The maximum Gasteiger partial charge on any atom is 0.220 e. The summed E-state index contributed by atoms with van der Waals surface area (Å²) in [5.74, 6) is -0.000890. The maximum absolute atomic E-state index is 12.5. The van der Waals surface area contributed by atoms with Gasteiger partial charge in [0.2, 0.25) is 11.8 Å². The highest BCUT2D eigenvalue weighted by Crippen LogP contribution is 2.39. The molecular weight excluding hydrogens is 616 g/mol. The standard InChI is InChI=1S/C40H44N4O5/c1-28(46)41-20-6-2-3-15-39(47)42-24-30-9-7-10-32(21-30)33-11-8-12-34(22-33)40-48-35(25-44-27-43-36-13-4-5-14-37(36)44)23-38(49-40)31-18-16-29(26-45)17-19-31/h4-5,7-14,16-19,21-22,27,35,38,40,45H,2-3,6,15,20,23-26H2,1H3,(H,41,46)(H,42,47)/t35-,38+,40+/m0/s1. The van der Waals surface area contributed by atoms with Crippen molar-refractivity contribution in [2.24, 2.45) is 0 Å². The zero-order chi connectivity index (χ0) is 34.0. The average molecular weight is 661 g/mol. The highest BCUT2D eigenvalue weighted by Gasteiger charge is 2.33. The number of aliphatic hydroxyl groups excluding tert-OH is 1. The van der Waals surface area contributed by atoms with E-state index in [2.05, 4.69) is 50.5 Å². The van der Waals surface area contributed by atoms with E-state index < -0.39 is 6.29 Å². The van der Waals surface area contributed by atoms with Crippen molar-refractivity contribution in [3.05, 3.63) is 126 Å². The van der Waals surface area contributed by atoms with E-state index in [-0.39, 0.29) is 30.6 Å². The first-order valence-electron chi connectivity index (χ1n) is 17.1. The molecule has 0 radical (unpaired) electrons. The van der Waals surface area contributed by atoms with Gasteiger partial charge < -0.3 is 29.8 Å². The SMILES string of the molecule is CC(=O)NCCCCCC(=O)NCc1cccc(-c2cccc([C@@H]3O[C@H](Cn4cnc5ccccc54)C[C@H](c4ccc(CO)cc4)O3)c2)c1. The molecule has 1 saturated heterocycles. The minimum Gasteiger partial charge on any atom is -0.392 e. The molecule has 2 amide bonds. The van der Waals surface area contributed by atoms with E-state index in [0.717, 1.165) is 63.7 Å². The van der Waals surface area contributed by atoms with Crippen LogP contribution in [0.5, 0.6) is 0 Å². The number of aliphatic hydroxyl groups is 1. The third-order valence-corrected chi connectivity index (χ3v) is 8.91. The number of rotatable bonds is 14. The van der Waals surface area contributed by atoms with Gasteiger partial charge in [0.25, 0.3) is 0 Å². The molecule has 254 valence electrons. The summed E-state index contributed by atoms with van der Waals surface area (Å²) in [5.41, 5.74) is 7.93. The highest BCUT2D eigenvalue weighted by molar-refractivity contribution is 5.76. The predicted molar refractivity (Wildman–Crippen MR) is 189 cm³/mol. The Balaban J connectivity index is 1.14. The Hall–Kier alpha value is -4.83. The first-order valence-corrected chi connectivity index (χ1v) is 17.1. The monoisotopic (exact) mass is 660 g/mol. The third-order valence-electron chi connectivity index (χ3n) is 8.91. The third kappa shape index (κ3) is 9.20. The maximum atomic E-state index is 12.5. The van der Waals surface area contributed by atoms with Crippen LogP contribution in [0.4, 0.5) is 0 Å².